The molecule has 2 heterocycles. The lowest BCUT2D eigenvalue weighted by molar-refractivity contribution is 0.678. The summed E-state index contributed by atoms with van der Waals surface area (Å²) in [5.41, 5.74) is 2.47. The van der Waals surface area contributed by atoms with Gasteiger partial charge < -0.3 is 5.32 Å². The summed E-state index contributed by atoms with van der Waals surface area (Å²) >= 11 is 5.85. The first-order chi connectivity index (χ1) is 10.2. The maximum absolute atomic E-state index is 12.0. The average Bonchev–Trinajstić information content (AvgIpc) is 2.49. The molecular weight excluding hydrogens is 286 g/mol. The van der Waals surface area contributed by atoms with Gasteiger partial charge in [-0.05, 0) is 29.8 Å². The molecular formula is C16H14ClN3O. The first-order valence-corrected chi connectivity index (χ1v) is 7.03. The van der Waals surface area contributed by atoms with Gasteiger partial charge in [-0.15, -0.1) is 0 Å². The number of nitrogens with zero attached hydrogens (tertiary/aromatic N) is 2. The molecule has 0 saturated heterocycles. The summed E-state index contributed by atoms with van der Waals surface area (Å²) in [6.45, 7) is 1.25. The second kappa shape index (κ2) is 6.08. The minimum atomic E-state index is -0.0658. The molecule has 3 aromatic rings. The molecule has 1 N–H and O–H groups in total. The van der Waals surface area contributed by atoms with Crippen molar-refractivity contribution in [3.63, 3.8) is 0 Å². The van der Waals surface area contributed by atoms with Crippen LogP contribution >= 0.6 is 11.6 Å². The molecule has 21 heavy (non-hydrogen) atoms. The number of hydrogen-bond acceptors (Lipinski definition) is 3. The molecule has 0 amide bonds. The molecule has 3 rings (SSSR count). The van der Waals surface area contributed by atoms with E-state index in [1.807, 2.05) is 42.5 Å². The van der Waals surface area contributed by atoms with E-state index in [0.717, 1.165) is 16.3 Å². The van der Waals surface area contributed by atoms with Crippen molar-refractivity contribution in [2.75, 3.05) is 0 Å². The highest BCUT2D eigenvalue weighted by Gasteiger charge is 2.01. The first-order valence-electron chi connectivity index (χ1n) is 6.65. The van der Waals surface area contributed by atoms with E-state index in [1.165, 1.54) is 4.40 Å². The molecule has 0 radical (unpaired) electrons. The van der Waals surface area contributed by atoms with Crippen LogP contribution in [0.5, 0.6) is 0 Å². The lowest BCUT2D eigenvalue weighted by Gasteiger charge is -2.06. The average molecular weight is 300 g/mol. The van der Waals surface area contributed by atoms with E-state index >= 15 is 0 Å². The van der Waals surface area contributed by atoms with Crippen molar-refractivity contribution in [3.8, 4) is 0 Å². The molecule has 1 aromatic carbocycles. The SMILES string of the molecule is O=c1cc(CNCc2ccc(Cl)cc2)nc2ccccn12. The van der Waals surface area contributed by atoms with Crippen LogP contribution in [0.2, 0.25) is 5.02 Å². The Hall–Kier alpha value is -2.17. The fourth-order valence-corrected chi connectivity index (χ4v) is 2.26. The summed E-state index contributed by atoms with van der Waals surface area (Å²) in [7, 11) is 0. The molecule has 2 aromatic heterocycles. The Balaban J connectivity index is 1.70. The zero-order valence-electron chi connectivity index (χ0n) is 11.3. The third-order valence-corrected chi connectivity index (χ3v) is 3.42. The smallest absolute Gasteiger partial charge is 0.258 e. The Bertz CT molecular complexity index is 812. The van der Waals surface area contributed by atoms with Gasteiger partial charge in [-0.2, -0.15) is 0 Å². The highest BCUT2D eigenvalue weighted by molar-refractivity contribution is 6.30. The molecule has 0 spiro atoms. The van der Waals surface area contributed by atoms with E-state index in [1.54, 1.807) is 12.3 Å². The van der Waals surface area contributed by atoms with Gasteiger partial charge in [-0.1, -0.05) is 29.8 Å². The van der Waals surface area contributed by atoms with Crippen molar-refractivity contribution in [1.29, 1.82) is 0 Å². The van der Waals surface area contributed by atoms with Gasteiger partial charge in [0.05, 0.1) is 5.69 Å². The molecule has 0 atom stereocenters. The highest BCUT2D eigenvalue weighted by atomic mass is 35.5. The van der Waals surface area contributed by atoms with Crippen LogP contribution in [0.15, 0.2) is 59.5 Å². The summed E-state index contributed by atoms with van der Waals surface area (Å²) in [6.07, 6.45) is 1.72. The molecule has 5 heteroatoms. The monoisotopic (exact) mass is 299 g/mol. The van der Waals surface area contributed by atoms with Gasteiger partial charge in [-0.3, -0.25) is 9.20 Å². The highest BCUT2D eigenvalue weighted by Crippen LogP contribution is 2.09. The number of benzene rings is 1. The van der Waals surface area contributed by atoms with E-state index < -0.39 is 0 Å². The van der Waals surface area contributed by atoms with Gasteiger partial charge >= 0.3 is 0 Å². The van der Waals surface area contributed by atoms with Crippen LogP contribution in [0.1, 0.15) is 11.3 Å². The molecule has 0 aliphatic heterocycles. The van der Waals surface area contributed by atoms with E-state index in [-0.39, 0.29) is 5.56 Å². The third-order valence-electron chi connectivity index (χ3n) is 3.17. The Morgan fingerprint density at radius 1 is 1.10 bits per heavy atom. The molecule has 106 valence electrons. The van der Waals surface area contributed by atoms with Crippen LogP contribution in [-0.2, 0) is 13.1 Å². The summed E-state index contributed by atoms with van der Waals surface area (Å²) in [6, 6.07) is 14.7. The summed E-state index contributed by atoms with van der Waals surface area (Å²) < 4.78 is 1.53. The Morgan fingerprint density at radius 2 is 1.90 bits per heavy atom. The van der Waals surface area contributed by atoms with Gasteiger partial charge in [0, 0.05) is 30.4 Å². The molecule has 0 fully saturated rings. The number of rotatable bonds is 4. The summed E-state index contributed by atoms with van der Waals surface area (Å²) in [5.74, 6) is 0. The fourth-order valence-electron chi connectivity index (χ4n) is 2.13. The number of pyridine rings is 1. The van der Waals surface area contributed by atoms with Crippen LogP contribution in [0.4, 0.5) is 0 Å². The second-order valence-electron chi connectivity index (χ2n) is 4.74. The zero-order valence-corrected chi connectivity index (χ0v) is 12.0. The molecule has 0 aliphatic rings. The molecule has 0 aliphatic carbocycles. The fraction of sp³-hybridized carbons (Fsp3) is 0.125. The maximum atomic E-state index is 12.0. The van der Waals surface area contributed by atoms with Gasteiger partial charge in [0.25, 0.3) is 5.56 Å². The lowest BCUT2D eigenvalue weighted by Crippen LogP contribution is -2.19. The van der Waals surface area contributed by atoms with Gasteiger partial charge in [0.15, 0.2) is 0 Å². The largest absolute Gasteiger partial charge is 0.307 e. The quantitative estimate of drug-likeness (QED) is 0.805. The van der Waals surface area contributed by atoms with Gasteiger partial charge in [-0.25, -0.2) is 4.98 Å². The Kier molecular flexibility index (Phi) is 3.99. The number of halogens is 1. The number of hydrogen-bond donors (Lipinski definition) is 1. The van der Waals surface area contributed by atoms with Gasteiger partial charge in [0.2, 0.25) is 0 Å². The van der Waals surface area contributed by atoms with Crippen LogP contribution < -0.4 is 10.9 Å². The van der Waals surface area contributed by atoms with Crippen molar-refractivity contribution < 1.29 is 0 Å². The van der Waals surface area contributed by atoms with Crippen molar-refractivity contribution >= 4 is 17.2 Å². The Morgan fingerprint density at radius 3 is 2.71 bits per heavy atom. The molecule has 4 nitrogen and oxygen atoms in total. The van der Waals surface area contributed by atoms with Crippen molar-refractivity contribution in [3.05, 3.63) is 81.4 Å². The number of aromatic nitrogens is 2. The van der Waals surface area contributed by atoms with E-state index in [0.29, 0.717) is 18.7 Å². The Labute approximate surface area is 127 Å². The van der Waals surface area contributed by atoms with Crippen LogP contribution in [-0.4, -0.2) is 9.38 Å². The van der Waals surface area contributed by atoms with Gasteiger partial charge in [0.1, 0.15) is 5.65 Å². The summed E-state index contributed by atoms with van der Waals surface area (Å²) in [4.78, 5) is 16.4. The standard InChI is InChI=1S/C16H14ClN3O/c17-13-6-4-12(5-7-13)10-18-11-14-9-16(21)20-8-2-1-3-15(20)19-14/h1-9,18H,10-11H2. The molecule has 0 saturated carbocycles. The minimum Gasteiger partial charge on any atom is -0.307 e. The third kappa shape index (κ3) is 3.29. The van der Waals surface area contributed by atoms with Crippen LogP contribution in [0, 0.1) is 0 Å². The zero-order chi connectivity index (χ0) is 14.7. The van der Waals surface area contributed by atoms with Crippen molar-refractivity contribution in [1.82, 2.24) is 14.7 Å². The molecule has 0 unspecified atom stereocenters. The predicted molar refractivity (Wildman–Crippen MR) is 83.5 cm³/mol. The predicted octanol–water partition coefficient (Wildman–Crippen LogP) is 2.64. The minimum absolute atomic E-state index is 0.0658. The van der Waals surface area contributed by atoms with E-state index in [4.69, 9.17) is 11.6 Å². The van der Waals surface area contributed by atoms with Crippen LogP contribution in [0.3, 0.4) is 0 Å². The molecule has 0 bridgehead atoms. The first kappa shape index (κ1) is 13.8. The number of fused-ring (bicyclic) bond motifs is 1. The van der Waals surface area contributed by atoms with E-state index in [2.05, 4.69) is 10.3 Å². The number of nitrogens with one attached hydrogen (secondary N) is 1. The van der Waals surface area contributed by atoms with Crippen molar-refractivity contribution in [2.24, 2.45) is 0 Å². The second-order valence-corrected chi connectivity index (χ2v) is 5.18. The summed E-state index contributed by atoms with van der Waals surface area (Å²) in [5, 5.41) is 4.00. The topological polar surface area (TPSA) is 46.4 Å². The van der Waals surface area contributed by atoms with E-state index in [9.17, 15) is 4.79 Å². The lowest BCUT2D eigenvalue weighted by atomic mass is 10.2. The normalized spacial score (nSPS) is 10.9. The maximum Gasteiger partial charge on any atom is 0.258 e. The van der Waals surface area contributed by atoms with Crippen molar-refractivity contribution in [2.45, 2.75) is 13.1 Å². The van der Waals surface area contributed by atoms with Crippen LogP contribution in [0.25, 0.3) is 5.65 Å².